The van der Waals surface area contributed by atoms with E-state index >= 15 is 0 Å². The molecule has 1 fully saturated rings. The van der Waals surface area contributed by atoms with Crippen molar-refractivity contribution in [2.45, 2.75) is 57.9 Å². The molecular formula is C16H25N. The Morgan fingerprint density at radius 1 is 1.29 bits per heavy atom. The third-order valence-electron chi connectivity index (χ3n) is 4.31. The van der Waals surface area contributed by atoms with Crippen LogP contribution in [0.5, 0.6) is 0 Å². The van der Waals surface area contributed by atoms with Crippen LogP contribution >= 0.6 is 0 Å². The molecule has 2 N–H and O–H groups in total. The van der Waals surface area contributed by atoms with E-state index in [0.717, 1.165) is 25.2 Å². The van der Waals surface area contributed by atoms with Crippen molar-refractivity contribution in [3.05, 3.63) is 35.4 Å². The quantitative estimate of drug-likeness (QED) is 0.765. The highest BCUT2D eigenvalue weighted by Gasteiger charge is 2.29. The molecule has 1 aliphatic carbocycles. The minimum atomic E-state index is -0.0735. The zero-order valence-corrected chi connectivity index (χ0v) is 11.2. The molecule has 1 aliphatic rings. The van der Waals surface area contributed by atoms with E-state index in [1.807, 2.05) is 0 Å². The molecule has 0 bridgehead atoms. The number of aryl methyl sites for hydroxylation is 1. The van der Waals surface area contributed by atoms with Gasteiger partial charge in [-0.2, -0.15) is 0 Å². The van der Waals surface area contributed by atoms with Gasteiger partial charge in [0.15, 0.2) is 0 Å². The predicted octanol–water partition coefficient (Wildman–Crippen LogP) is 4.00. The molecule has 2 unspecified atom stereocenters. The Morgan fingerprint density at radius 3 is 2.88 bits per heavy atom. The van der Waals surface area contributed by atoms with Gasteiger partial charge in [-0.05, 0) is 42.7 Å². The molecule has 17 heavy (non-hydrogen) atoms. The Morgan fingerprint density at radius 2 is 2.12 bits per heavy atom. The van der Waals surface area contributed by atoms with Crippen molar-refractivity contribution in [3.8, 4) is 0 Å². The van der Waals surface area contributed by atoms with Crippen LogP contribution in [-0.2, 0) is 12.0 Å². The fraction of sp³-hybridized carbons (Fsp3) is 0.625. The van der Waals surface area contributed by atoms with E-state index < -0.39 is 0 Å². The SMILES string of the molecule is CCc1cccc(C2(N)CCCC(C)CC2)c1. The minimum absolute atomic E-state index is 0.0735. The first-order chi connectivity index (χ1) is 8.14. The average molecular weight is 231 g/mol. The van der Waals surface area contributed by atoms with Crippen molar-refractivity contribution in [2.24, 2.45) is 11.7 Å². The molecule has 0 amide bonds. The molecule has 1 aromatic rings. The maximum absolute atomic E-state index is 6.67. The topological polar surface area (TPSA) is 26.0 Å². The van der Waals surface area contributed by atoms with Crippen LogP contribution in [0, 0.1) is 5.92 Å². The molecule has 0 aliphatic heterocycles. The van der Waals surface area contributed by atoms with Crippen LogP contribution < -0.4 is 5.73 Å². The first-order valence-corrected chi connectivity index (χ1v) is 7.02. The van der Waals surface area contributed by atoms with Gasteiger partial charge in [-0.25, -0.2) is 0 Å². The largest absolute Gasteiger partial charge is 0.321 e. The van der Waals surface area contributed by atoms with E-state index in [1.54, 1.807) is 0 Å². The van der Waals surface area contributed by atoms with Crippen molar-refractivity contribution < 1.29 is 0 Å². The van der Waals surface area contributed by atoms with Crippen LogP contribution in [0.4, 0.5) is 0 Å². The van der Waals surface area contributed by atoms with E-state index in [0.29, 0.717) is 0 Å². The van der Waals surface area contributed by atoms with E-state index in [1.165, 1.54) is 30.4 Å². The molecule has 2 rings (SSSR count). The average Bonchev–Trinajstić information content (AvgIpc) is 2.53. The van der Waals surface area contributed by atoms with Crippen molar-refractivity contribution >= 4 is 0 Å². The lowest BCUT2D eigenvalue weighted by atomic mass is 9.83. The standard InChI is InChI=1S/C16H25N/c1-3-14-7-4-8-15(12-14)16(17)10-5-6-13(2)9-11-16/h4,7-8,12-13H,3,5-6,9-11,17H2,1-2H3. The van der Waals surface area contributed by atoms with Crippen LogP contribution in [-0.4, -0.2) is 0 Å². The minimum Gasteiger partial charge on any atom is -0.321 e. The predicted molar refractivity (Wildman–Crippen MR) is 73.9 cm³/mol. The number of benzene rings is 1. The monoisotopic (exact) mass is 231 g/mol. The molecule has 1 nitrogen and oxygen atoms in total. The summed E-state index contributed by atoms with van der Waals surface area (Å²) in [6.07, 6.45) is 7.26. The lowest BCUT2D eigenvalue weighted by Gasteiger charge is -2.29. The summed E-state index contributed by atoms with van der Waals surface area (Å²) in [4.78, 5) is 0. The zero-order valence-electron chi connectivity index (χ0n) is 11.2. The summed E-state index contributed by atoms with van der Waals surface area (Å²) in [6, 6.07) is 8.90. The fourth-order valence-corrected chi connectivity index (χ4v) is 2.93. The summed E-state index contributed by atoms with van der Waals surface area (Å²) < 4.78 is 0. The van der Waals surface area contributed by atoms with E-state index in [-0.39, 0.29) is 5.54 Å². The van der Waals surface area contributed by atoms with Crippen LogP contribution in [0.2, 0.25) is 0 Å². The maximum atomic E-state index is 6.67. The maximum Gasteiger partial charge on any atom is 0.0409 e. The molecule has 0 heterocycles. The van der Waals surface area contributed by atoms with Crippen molar-refractivity contribution in [1.82, 2.24) is 0 Å². The molecule has 94 valence electrons. The Balaban J connectivity index is 2.23. The fourth-order valence-electron chi connectivity index (χ4n) is 2.93. The molecular weight excluding hydrogens is 206 g/mol. The van der Waals surface area contributed by atoms with E-state index in [4.69, 9.17) is 5.73 Å². The number of rotatable bonds is 2. The molecule has 0 spiro atoms. The summed E-state index contributed by atoms with van der Waals surface area (Å²) in [6.45, 7) is 4.56. The smallest absolute Gasteiger partial charge is 0.0409 e. The van der Waals surface area contributed by atoms with Crippen LogP contribution in [0.25, 0.3) is 0 Å². The van der Waals surface area contributed by atoms with E-state index in [2.05, 4.69) is 38.1 Å². The van der Waals surface area contributed by atoms with Crippen molar-refractivity contribution in [3.63, 3.8) is 0 Å². The van der Waals surface area contributed by atoms with Crippen LogP contribution in [0.3, 0.4) is 0 Å². The summed E-state index contributed by atoms with van der Waals surface area (Å²) in [5.74, 6) is 0.842. The first-order valence-electron chi connectivity index (χ1n) is 7.02. The second-order valence-electron chi connectivity index (χ2n) is 5.75. The first kappa shape index (κ1) is 12.6. The van der Waals surface area contributed by atoms with Gasteiger partial charge in [0, 0.05) is 5.54 Å². The third-order valence-corrected chi connectivity index (χ3v) is 4.31. The van der Waals surface area contributed by atoms with Gasteiger partial charge in [0.25, 0.3) is 0 Å². The van der Waals surface area contributed by atoms with Gasteiger partial charge in [-0.3, -0.25) is 0 Å². The molecule has 1 saturated carbocycles. The van der Waals surface area contributed by atoms with Gasteiger partial charge in [0.05, 0.1) is 0 Å². The third kappa shape index (κ3) is 2.90. The van der Waals surface area contributed by atoms with E-state index in [9.17, 15) is 0 Å². The Hall–Kier alpha value is -0.820. The lowest BCUT2D eigenvalue weighted by Crippen LogP contribution is -2.36. The number of nitrogens with two attached hydrogens (primary N) is 1. The number of hydrogen-bond acceptors (Lipinski definition) is 1. The molecule has 1 aromatic carbocycles. The van der Waals surface area contributed by atoms with Crippen molar-refractivity contribution in [1.29, 1.82) is 0 Å². The van der Waals surface area contributed by atoms with Gasteiger partial charge >= 0.3 is 0 Å². The highest BCUT2D eigenvalue weighted by atomic mass is 14.7. The Bertz CT molecular complexity index is 372. The Kier molecular flexibility index (Phi) is 3.88. The van der Waals surface area contributed by atoms with Gasteiger partial charge < -0.3 is 5.73 Å². The van der Waals surface area contributed by atoms with Gasteiger partial charge in [-0.1, -0.05) is 51.0 Å². The molecule has 2 atom stereocenters. The highest BCUT2D eigenvalue weighted by Crippen LogP contribution is 2.35. The summed E-state index contributed by atoms with van der Waals surface area (Å²) in [7, 11) is 0. The second kappa shape index (κ2) is 5.22. The van der Waals surface area contributed by atoms with Gasteiger partial charge in [-0.15, -0.1) is 0 Å². The van der Waals surface area contributed by atoms with Crippen molar-refractivity contribution in [2.75, 3.05) is 0 Å². The molecule has 0 saturated heterocycles. The van der Waals surface area contributed by atoms with Gasteiger partial charge in [0.2, 0.25) is 0 Å². The number of hydrogen-bond donors (Lipinski definition) is 1. The summed E-state index contributed by atoms with van der Waals surface area (Å²) in [5.41, 5.74) is 9.35. The normalized spacial score (nSPS) is 29.9. The molecule has 1 heteroatoms. The Labute approximate surface area is 105 Å². The highest BCUT2D eigenvalue weighted by molar-refractivity contribution is 5.29. The lowest BCUT2D eigenvalue weighted by molar-refractivity contribution is 0.378. The van der Waals surface area contributed by atoms with Crippen LogP contribution in [0.15, 0.2) is 24.3 Å². The molecule has 0 aromatic heterocycles. The summed E-state index contributed by atoms with van der Waals surface area (Å²) in [5, 5.41) is 0. The van der Waals surface area contributed by atoms with Crippen LogP contribution in [0.1, 0.15) is 57.1 Å². The van der Waals surface area contributed by atoms with Gasteiger partial charge in [0.1, 0.15) is 0 Å². The zero-order chi connectivity index (χ0) is 12.3. The second-order valence-corrected chi connectivity index (χ2v) is 5.75. The molecule has 0 radical (unpaired) electrons. The summed E-state index contributed by atoms with van der Waals surface area (Å²) >= 11 is 0.